The maximum absolute atomic E-state index is 11.8. The zero-order chi connectivity index (χ0) is 22.3. The number of ether oxygens (including phenoxy) is 5. The highest BCUT2D eigenvalue weighted by Gasteiger charge is 2.52. The Balaban J connectivity index is 2.42. The molecular formula is C20H24O9S. The van der Waals surface area contributed by atoms with Gasteiger partial charge in [0.25, 0.3) is 0 Å². The Morgan fingerprint density at radius 3 is 1.87 bits per heavy atom. The SMILES string of the molecule is CC(=O)OCC1O[C@H](Sc2ccccc2)[C@H](OC(C)=O)C(OC(C)=O)[C@@H]1OC(C)=O. The fourth-order valence-corrected chi connectivity index (χ4v) is 4.04. The molecule has 2 rings (SSSR count). The predicted octanol–water partition coefficient (Wildman–Crippen LogP) is 1.86. The van der Waals surface area contributed by atoms with Crippen LogP contribution in [0.1, 0.15) is 27.7 Å². The Morgan fingerprint density at radius 1 is 0.800 bits per heavy atom. The Morgan fingerprint density at radius 2 is 1.33 bits per heavy atom. The van der Waals surface area contributed by atoms with Crippen molar-refractivity contribution in [1.29, 1.82) is 0 Å². The zero-order valence-electron chi connectivity index (χ0n) is 17.1. The number of rotatable bonds is 7. The van der Waals surface area contributed by atoms with Gasteiger partial charge >= 0.3 is 23.9 Å². The summed E-state index contributed by atoms with van der Waals surface area (Å²) in [5.74, 6) is -2.51. The molecule has 1 fully saturated rings. The van der Waals surface area contributed by atoms with Gasteiger partial charge in [-0.1, -0.05) is 30.0 Å². The lowest BCUT2D eigenvalue weighted by Gasteiger charge is -2.44. The van der Waals surface area contributed by atoms with Crippen LogP contribution in [-0.2, 0) is 42.9 Å². The molecular weight excluding hydrogens is 416 g/mol. The number of thioether (sulfide) groups is 1. The van der Waals surface area contributed by atoms with E-state index < -0.39 is 53.7 Å². The molecule has 1 aliphatic heterocycles. The molecule has 10 heteroatoms. The third-order valence-corrected chi connectivity index (χ3v) is 5.10. The summed E-state index contributed by atoms with van der Waals surface area (Å²) in [6, 6.07) is 9.16. The monoisotopic (exact) mass is 440 g/mol. The molecule has 1 saturated heterocycles. The van der Waals surface area contributed by atoms with Crippen LogP contribution < -0.4 is 0 Å². The molecule has 0 aromatic heterocycles. The minimum absolute atomic E-state index is 0.246. The smallest absolute Gasteiger partial charge is 0.303 e. The first-order valence-corrected chi connectivity index (χ1v) is 10.1. The molecule has 2 unspecified atom stereocenters. The molecule has 0 N–H and O–H groups in total. The van der Waals surface area contributed by atoms with Gasteiger partial charge in [0, 0.05) is 32.6 Å². The molecule has 1 aromatic carbocycles. The molecule has 0 aliphatic carbocycles. The lowest BCUT2D eigenvalue weighted by atomic mass is 9.99. The lowest BCUT2D eigenvalue weighted by molar-refractivity contribution is -0.237. The molecule has 1 aliphatic rings. The summed E-state index contributed by atoms with van der Waals surface area (Å²) in [5.41, 5.74) is -0.826. The van der Waals surface area contributed by atoms with E-state index in [4.69, 9.17) is 23.7 Å². The van der Waals surface area contributed by atoms with Crippen molar-refractivity contribution in [2.45, 2.75) is 62.4 Å². The molecule has 0 saturated carbocycles. The Kier molecular flexibility index (Phi) is 8.67. The van der Waals surface area contributed by atoms with Gasteiger partial charge < -0.3 is 23.7 Å². The molecule has 0 bridgehead atoms. The Hall–Kier alpha value is -2.59. The number of hydrogen-bond acceptors (Lipinski definition) is 10. The van der Waals surface area contributed by atoms with Gasteiger partial charge in [-0.05, 0) is 12.1 Å². The number of hydrogen-bond donors (Lipinski definition) is 0. The van der Waals surface area contributed by atoms with Gasteiger partial charge in [0.05, 0.1) is 0 Å². The van der Waals surface area contributed by atoms with E-state index in [2.05, 4.69) is 0 Å². The molecule has 1 aromatic rings. The van der Waals surface area contributed by atoms with Gasteiger partial charge in [-0.15, -0.1) is 0 Å². The minimum atomic E-state index is -1.16. The third kappa shape index (κ3) is 7.03. The van der Waals surface area contributed by atoms with Gasteiger partial charge in [-0.3, -0.25) is 19.2 Å². The van der Waals surface area contributed by atoms with E-state index in [0.29, 0.717) is 0 Å². The summed E-state index contributed by atoms with van der Waals surface area (Å²) in [6.07, 6.45) is -4.33. The van der Waals surface area contributed by atoms with E-state index in [-0.39, 0.29) is 6.61 Å². The van der Waals surface area contributed by atoms with Gasteiger partial charge in [-0.2, -0.15) is 0 Å². The van der Waals surface area contributed by atoms with Crippen LogP contribution in [0.25, 0.3) is 0 Å². The van der Waals surface area contributed by atoms with Crippen LogP contribution in [0.2, 0.25) is 0 Å². The zero-order valence-corrected chi connectivity index (χ0v) is 17.9. The quantitative estimate of drug-likeness (QED) is 0.460. The van der Waals surface area contributed by atoms with Crippen molar-refractivity contribution >= 4 is 35.6 Å². The van der Waals surface area contributed by atoms with Crippen LogP contribution >= 0.6 is 11.8 Å². The predicted molar refractivity (Wildman–Crippen MR) is 104 cm³/mol. The number of esters is 4. The van der Waals surface area contributed by atoms with Crippen LogP contribution in [0.4, 0.5) is 0 Å². The van der Waals surface area contributed by atoms with E-state index >= 15 is 0 Å². The van der Waals surface area contributed by atoms with E-state index in [9.17, 15) is 19.2 Å². The highest BCUT2D eigenvalue weighted by atomic mass is 32.2. The standard InChI is InChI=1S/C20H24O9S/c1-11(21)25-10-16-17(26-12(2)22)18(27-13(3)23)19(28-14(4)24)20(29-16)30-15-8-6-5-7-9-15/h5-9,16-20H,10H2,1-4H3/t16?,17-,18?,19-,20-/m1/s1. The third-order valence-electron chi connectivity index (χ3n) is 3.94. The molecule has 0 spiro atoms. The van der Waals surface area contributed by atoms with Crippen LogP contribution in [0.3, 0.4) is 0 Å². The fraction of sp³-hybridized carbons (Fsp3) is 0.500. The Bertz CT molecular complexity index is 767. The summed E-state index contributed by atoms with van der Waals surface area (Å²) in [6.45, 7) is 4.56. The van der Waals surface area contributed by atoms with E-state index in [1.807, 2.05) is 30.3 Å². The van der Waals surface area contributed by atoms with Crippen LogP contribution in [0.15, 0.2) is 35.2 Å². The first kappa shape index (κ1) is 23.7. The topological polar surface area (TPSA) is 114 Å². The van der Waals surface area contributed by atoms with E-state index in [0.717, 1.165) is 4.90 Å². The van der Waals surface area contributed by atoms with Crippen molar-refractivity contribution < 1.29 is 42.9 Å². The maximum atomic E-state index is 11.8. The summed E-state index contributed by atoms with van der Waals surface area (Å²) in [4.78, 5) is 47.3. The van der Waals surface area contributed by atoms with Crippen molar-refractivity contribution in [3.05, 3.63) is 30.3 Å². The molecule has 164 valence electrons. The van der Waals surface area contributed by atoms with Gasteiger partial charge in [0.15, 0.2) is 18.3 Å². The molecule has 5 atom stereocenters. The summed E-state index contributed by atoms with van der Waals surface area (Å²) < 4.78 is 27.2. The highest BCUT2D eigenvalue weighted by Crippen LogP contribution is 2.37. The lowest BCUT2D eigenvalue weighted by Crippen LogP contribution is -2.61. The highest BCUT2D eigenvalue weighted by molar-refractivity contribution is 7.99. The van der Waals surface area contributed by atoms with Crippen molar-refractivity contribution in [3.8, 4) is 0 Å². The van der Waals surface area contributed by atoms with Crippen molar-refractivity contribution in [1.82, 2.24) is 0 Å². The minimum Gasteiger partial charge on any atom is -0.463 e. The largest absolute Gasteiger partial charge is 0.463 e. The maximum Gasteiger partial charge on any atom is 0.303 e. The fourth-order valence-electron chi connectivity index (χ4n) is 2.92. The van der Waals surface area contributed by atoms with E-state index in [1.165, 1.54) is 39.5 Å². The normalized spacial score (nSPS) is 25.7. The van der Waals surface area contributed by atoms with Crippen molar-refractivity contribution in [2.24, 2.45) is 0 Å². The summed E-state index contributed by atoms with van der Waals surface area (Å²) in [7, 11) is 0. The number of carbonyl (C=O) groups is 4. The molecule has 9 nitrogen and oxygen atoms in total. The second-order valence-electron chi connectivity index (χ2n) is 6.50. The number of benzene rings is 1. The van der Waals surface area contributed by atoms with Crippen LogP contribution in [0, 0.1) is 0 Å². The second kappa shape index (κ2) is 11.0. The molecule has 30 heavy (non-hydrogen) atoms. The average Bonchev–Trinajstić information content (AvgIpc) is 2.64. The molecule has 1 heterocycles. The van der Waals surface area contributed by atoms with Crippen LogP contribution in [-0.4, -0.2) is 60.3 Å². The van der Waals surface area contributed by atoms with Crippen molar-refractivity contribution in [3.63, 3.8) is 0 Å². The van der Waals surface area contributed by atoms with Gasteiger partial charge in [0.1, 0.15) is 18.1 Å². The summed E-state index contributed by atoms with van der Waals surface area (Å²) in [5, 5.41) is 0. The number of carbonyl (C=O) groups excluding carboxylic acids is 4. The van der Waals surface area contributed by atoms with Crippen LogP contribution in [0.5, 0.6) is 0 Å². The Labute approximate surface area is 178 Å². The summed E-state index contributed by atoms with van der Waals surface area (Å²) >= 11 is 1.23. The van der Waals surface area contributed by atoms with Crippen molar-refractivity contribution in [2.75, 3.05) is 6.61 Å². The van der Waals surface area contributed by atoms with Gasteiger partial charge in [-0.25, -0.2) is 0 Å². The van der Waals surface area contributed by atoms with Gasteiger partial charge in [0.2, 0.25) is 0 Å². The molecule has 0 radical (unpaired) electrons. The second-order valence-corrected chi connectivity index (χ2v) is 7.67. The van der Waals surface area contributed by atoms with E-state index in [1.54, 1.807) is 0 Å². The first-order chi connectivity index (χ1) is 14.2. The molecule has 0 amide bonds. The average molecular weight is 440 g/mol. The first-order valence-electron chi connectivity index (χ1n) is 9.19.